The van der Waals surface area contributed by atoms with Crippen LogP contribution in [0, 0.1) is 5.92 Å². The lowest BCUT2D eigenvalue weighted by atomic mass is 9.86. The molecule has 3 heterocycles. The van der Waals surface area contributed by atoms with E-state index >= 15 is 0 Å². The normalized spacial score (nSPS) is 23.3. The van der Waals surface area contributed by atoms with Crippen molar-refractivity contribution in [1.29, 1.82) is 0 Å². The molecule has 4 aliphatic rings. The highest BCUT2D eigenvalue weighted by Crippen LogP contribution is 2.27. The van der Waals surface area contributed by atoms with Crippen molar-refractivity contribution in [3.05, 3.63) is 0 Å². The Bertz CT molecular complexity index is 709. The van der Waals surface area contributed by atoms with Crippen LogP contribution in [0.5, 0.6) is 0 Å². The second kappa shape index (κ2) is 15.7. The third-order valence-electron chi connectivity index (χ3n) is 7.10. The van der Waals surface area contributed by atoms with Crippen molar-refractivity contribution < 1.29 is 23.9 Å². The van der Waals surface area contributed by atoms with Crippen LogP contribution in [0.4, 0.5) is 4.79 Å². The second-order valence-electron chi connectivity index (χ2n) is 11.2. The van der Waals surface area contributed by atoms with Crippen molar-refractivity contribution in [3.63, 3.8) is 0 Å². The lowest BCUT2D eigenvalue weighted by molar-refractivity contribution is -0.149. The molecule has 0 bridgehead atoms. The molecule has 0 aromatic rings. The summed E-state index contributed by atoms with van der Waals surface area (Å²) in [5, 5.41) is 6.37. The van der Waals surface area contributed by atoms with E-state index in [1.54, 1.807) is 4.90 Å². The van der Waals surface area contributed by atoms with Crippen LogP contribution in [-0.2, 0) is 19.1 Å². The Hall–Kier alpha value is -1.62. The molecule has 1 atom stereocenters. The van der Waals surface area contributed by atoms with Crippen LogP contribution in [-0.4, -0.2) is 116 Å². The van der Waals surface area contributed by atoms with Gasteiger partial charge in [-0.2, -0.15) is 0 Å². The summed E-state index contributed by atoms with van der Waals surface area (Å²) in [6, 6.07) is 0. The molecule has 3 saturated heterocycles. The minimum Gasteiger partial charge on any atom is -0.444 e. The smallest absolute Gasteiger partial charge is 0.410 e. The molecule has 10 nitrogen and oxygen atoms in total. The van der Waals surface area contributed by atoms with Gasteiger partial charge in [0.2, 0.25) is 5.91 Å². The summed E-state index contributed by atoms with van der Waals surface area (Å²) in [5.41, 5.74) is -0.387. The standard InChI is InChI=1S/C17H29N3O3.C9H18N2O2.ClH/c21-16(12-14-4-2-1-3-5-14)19-7-9-20(10-8-19)17(22)15-13-18-6-11-23-15;1-9(2,3)13-8(12)11-6-4-10-5-7-11;/h14-15,18H,1-13H2;10H,4-7H2,1-3H3;1H. The van der Waals surface area contributed by atoms with Gasteiger partial charge in [-0.1, -0.05) is 19.3 Å². The second-order valence-corrected chi connectivity index (χ2v) is 11.2. The monoisotopic (exact) mass is 545 g/mol. The zero-order valence-electron chi connectivity index (χ0n) is 23.0. The van der Waals surface area contributed by atoms with Crippen molar-refractivity contribution in [2.24, 2.45) is 5.92 Å². The molecular weight excluding hydrogens is 498 g/mol. The summed E-state index contributed by atoms with van der Waals surface area (Å²) in [6.45, 7) is 13.5. The number of amides is 3. The molecule has 1 aliphatic carbocycles. The highest BCUT2D eigenvalue weighted by atomic mass is 35.5. The number of hydrogen-bond donors (Lipinski definition) is 2. The van der Waals surface area contributed by atoms with Gasteiger partial charge in [-0.15, -0.1) is 12.4 Å². The number of nitrogens with one attached hydrogen (secondary N) is 2. The quantitative estimate of drug-likeness (QED) is 0.558. The lowest BCUT2D eigenvalue weighted by Gasteiger charge is -2.37. The molecule has 1 saturated carbocycles. The maximum Gasteiger partial charge on any atom is 0.410 e. The maximum atomic E-state index is 12.4. The fourth-order valence-corrected chi connectivity index (χ4v) is 5.05. The van der Waals surface area contributed by atoms with E-state index in [1.165, 1.54) is 32.1 Å². The number of morpholine rings is 1. The molecule has 0 spiro atoms. The summed E-state index contributed by atoms with van der Waals surface area (Å²) >= 11 is 0. The number of rotatable bonds is 3. The van der Waals surface area contributed by atoms with Gasteiger partial charge >= 0.3 is 6.09 Å². The topological polar surface area (TPSA) is 103 Å². The minimum atomic E-state index is -0.387. The van der Waals surface area contributed by atoms with E-state index in [0.717, 1.165) is 32.7 Å². The third-order valence-corrected chi connectivity index (χ3v) is 7.10. The average molecular weight is 546 g/mol. The summed E-state index contributed by atoms with van der Waals surface area (Å²) in [4.78, 5) is 41.9. The van der Waals surface area contributed by atoms with Crippen LogP contribution in [0.2, 0.25) is 0 Å². The minimum absolute atomic E-state index is 0. The molecule has 0 aromatic carbocycles. The molecule has 4 fully saturated rings. The first-order valence-electron chi connectivity index (χ1n) is 13.8. The lowest BCUT2D eigenvalue weighted by Crippen LogP contribution is -2.56. The Morgan fingerprint density at radius 2 is 1.46 bits per heavy atom. The summed E-state index contributed by atoms with van der Waals surface area (Å²) in [6.07, 6.45) is 6.42. The largest absolute Gasteiger partial charge is 0.444 e. The van der Waals surface area contributed by atoms with Gasteiger partial charge in [0, 0.05) is 71.9 Å². The number of nitrogens with zero attached hydrogens (tertiary/aromatic N) is 3. The van der Waals surface area contributed by atoms with Gasteiger partial charge in [-0.05, 0) is 39.5 Å². The van der Waals surface area contributed by atoms with Crippen LogP contribution >= 0.6 is 12.4 Å². The van der Waals surface area contributed by atoms with E-state index < -0.39 is 0 Å². The number of carbonyl (C=O) groups is 3. The van der Waals surface area contributed by atoms with Gasteiger partial charge in [-0.3, -0.25) is 9.59 Å². The third kappa shape index (κ3) is 10.9. The molecule has 11 heteroatoms. The van der Waals surface area contributed by atoms with Crippen LogP contribution in [0.25, 0.3) is 0 Å². The number of hydrogen-bond acceptors (Lipinski definition) is 7. The highest BCUT2D eigenvalue weighted by Gasteiger charge is 2.31. The predicted octanol–water partition coefficient (Wildman–Crippen LogP) is 1.86. The van der Waals surface area contributed by atoms with Crippen molar-refractivity contribution in [1.82, 2.24) is 25.3 Å². The van der Waals surface area contributed by atoms with Crippen molar-refractivity contribution in [2.45, 2.75) is 71.0 Å². The Balaban J connectivity index is 0.000000295. The molecule has 37 heavy (non-hydrogen) atoms. The highest BCUT2D eigenvalue weighted by molar-refractivity contribution is 5.85. The molecule has 0 radical (unpaired) electrons. The summed E-state index contributed by atoms with van der Waals surface area (Å²) in [7, 11) is 0. The molecular formula is C26H48ClN5O5. The fourth-order valence-electron chi connectivity index (χ4n) is 5.05. The molecule has 3 amide bonds. The molecule has 3 aliphatic heterocycles. The molecule has 214 valence electrons. The average Bonchev–Trinajstić information content (AvgIpc) is 2.89. The van der Waals surface area contributed by atoms with Crippen molar-refractivity contribution >= 4 is 30.3 Å². The van der Waals surface area contributed by atoms with Crippen LogP contribution in [0.15, 0.2) is 0 Å². The summed E-state index contributed by atoms with van der Waals surface area (Å²) in [5.74, 6) is 0.925. The molecule has 0 aromatic heterocycles. The van der Waals surface area contributed by atoms with E-state index in [2.05, 4.69) is 10.6 Å². The van der Waals surface area contributed by atoms with Crippen LogP contribution < -0.4 is 10.6 Å². The van der Waals surface area contributed by atoms with E-state index in [9.17, 15) is 14.4 Å². The first-order valence-corrected chi connectivity index (χ1v) is 13.8. The number of carbonyl (C=O) groups excluding carboxylic acids is 3. The van der Waals surface area contributed by atoms with E-state index in [-0.39, 0.29) is 42.0 Å². The van der Waals surface area contributed by atoms with Crippen LogP contribution in [0.3, 0.4) is 0 Å². The molecule has 1 unspecified atom stereocenters. The molecule has 4 rings (SSSR count). The van der Waals surface area contributed by atoms with Crippen LogP contribution in [0.1, 0.15) is 59.3 Å². The van der Waals surface area contributed by atoms with Crippen molar-refractivity contribution in [2.75, 3.05) is 72.1 Å². The van der Waals surface area contributed by atoms with Gasteiger partial charge < -0.3 is 34.8 Å². The Labute approximate surface area is 228 Å². The number of halogens is 1. The van der Waals surface area contributed by atoms with E-state index in [1.807, 2.05) is 30.6 Å². The zero-order chi connectivity index (χ0) is 26.0. The Morgan fingerprint density at radius 1 is 0.838 bits per heavy atom. The van der Waals surface area contributed by atoms with Gasteiger partial charge in [0.15, 0.2) is 0 Å². The number of ether oxygens (including phenoxy) is 2. The van der Waals surface area contributed by atoms with Gasteiger partial charge in [-0.25, -0.2) is 4.79 Å². The zero-order valence-corrected chi connectivity index (χ0v) is 23.8. The predicted molar refractivity (Wildman–Crippen MR) is 145 cm³/mol. The van der Waals surface area contributed by atoms with E-state index in [4.69, 9.17) is 9.47 Å². The first kappa shape index (κ1) is 31.6. The maximum absolute atomic E-state index is 12.4. The van der Waals surface area contributed by atoms with Gasteiger partial charge in [0.05, 0.1) is 6.61 Å². The van der Waals surface area contributed by atoms with Crippen molar-refractivity contribution in [3.8, 4) is 0 Å². The summed E-state index contributed by atoms with van der Waals surface area (Å²) < 4.78 is 10.8. The Morgan fingerprint density at radius 3 is 2.03 bits per heavy atom. The Kier molecular flexibility index (Phi) is 13.4. The van der Waals surface area contributed by atoms with E-state index in [0.29, 0.717) is 51.7 Å². The fraction of sp³-hybridized carbons (Fsp3) is 0.885. The SMILES string of the molecule is CC(C)(C)OC(=O)N1CCNCC1.Cl.O=C(CC1CCCCC1)N1CCN(C(=O)C2CNCCO2)CC1. The first-order chi connectivity index (χ1) is 17.2. The molecule has 2 N–H and O–H groups in total. The number of piperazine rings is 2. The van der Waals surface area contributed by atoms with Gasteiger partial charge in [0.25, 0.3) is 5.91 Å². The van der Waals surface area contributed by atoms with Gasteiger partial charge in [0.1, 0.15) is 11.7 Å².